The van der Waals surface area contributed by atoms with Crippen LogP contribution in [0.3, 0.4) is 0 Å². The Morgan fingerprint density at radius 2 is 1.85 bits per heavy atom. The van der Waals surface area contributed by atoms with Crippen LogP contribution in [-0.2, 0) is 9.59 Å². The minimum atomic E-state index is -0.715. The van der Waals surface area contributed by atoms with E-state index in [4.69, 9.17) is 27.9 Å². The summed E-state index contributed by atoms with van der Waals surface area (Å²) in [5, 5.41) is 4.23. The van der Waals surface area contributed by atoms with E-state index in [1.54, 1.807) is 17.0 Å². The Bertz CT molecular complexity index is 1170. The van der Waals surface area contributed by atoms with Crippen molar-refractivity contribution in [3.63, 3.8) is 0 Å². The number of para-hydroxylation sites is 2. The van der Waals surface area contributed by atoms with Crippen molar-refractivity contribution < 1.29 is 14.3 Å². The molecule has 0 unspecified atom stereocenters. The molecule has 0 fully saturated rings. The first-order chi connectivity index (χ1) is 15.5. The lowest BCUT2D eigenvalue weighted by Gasteiger charge is -2.38. The van der Waals surface area contributed by atoms with Crippen LogP contribution in [0.15, 0.2) is 47.7 Å². The molecule has 0 aromatic heterocycles. The van der Waals surface area contributed by atoms with E-state index in [-0.39, 0.29) is 23.0 Å². The van der Waals surface area contributed by atoms with Crippen molar-refractivity contribution in [2.75, 3.05) is 17.3 Å². The first-order valence-electron chi connectivity index (χ1n) is 11.0. The number of benzene rings is 2. The van der Waals surface area contributed by atoms with Crippen LogP contribution >= 0.6 is 23.2 Å². The highest BCUT2D eigenvalue weighted by molar-refractivity contribution is 6.36. The predicted octanol–water partition coefficient (Wildman–Crippen LogP) is 6.80. The molecule has 1 heterocycles. The van der Waals surface area contributed by atoms with Crippen molar-refractivity contribution in [3.05, 3.63) is 63.3 Å². The van der Waals surface area contributed by atoms with Crippen molar-refractivity contribution in [1.29, 1.82) is 0 Å². The summed E-state index contributed by atoms with van der Waals surface area (Å²) >= 11 is 13.0. The van der Waals surface area contributed by atoms with Gasteiger partial charge in [-0.05, 0) is 36.1 Å². The molecule has 7 heteroatoms. The summed E-state index contributed by atoms with van der Waals surface area (Å²) in [6.07, 6.45) is 1.05. The molecule has 0 spiro atoms. The van der Waals surface area contributed by atoms with E-state index in [1.165, 1.54) is 7.11 Å². The number of allylic oxidation sites excluding steroid dienone is 1. The van der Waals surface area contributed by atoms with Crippen LogP contribution in [0.5, 0.6) is 5.75 Å². The molecule has 0 saturated carbocycles. The quantitative estimate of drug-likeness (QED) is 0.517. The monoisotopic (exact) mass is 486 g/mol. The van der Waals surface area contributed by atoms with Crippen LogP contribution in [0.25, 0.3) is 0 Å². The number of halogens is 2. The third kappa shape index (κ3) is 4.24. The highest BCUT2D eigenvalue weighted by Crippen LogP contribution is 2.50. The number of carbonyl (C=O) groups excluding carboxylic acids is 2. The molecule has 2 aromatic rings. The number of anilines is 2. The third-order valence-electron chi connectivity index (χ3n) is 6.20. The molecule has 1 atom stereocenters. The molecule has 2 aliphatic rings. The number of ketones is 1. The van der Waals surface area contributed by atoms with Gasteiger partial charge < -0.3 is 10.1 Å². The predicted molar refractivity (Wildman–Crippen MR) is 133 cm³/mol. The standard InChI is InChI=1S/C26H28Cl2N2O3/c1-14(2)25(32)30-20-9-7-6-8-18(20)29-19-12-26(3,4)13-21(31)23(19)24(30)15-10-22(33-5)17(28)11-16(15)27/h6-11,14,24,29H,12-13H2,1-5H3/t24-/m1/s1. The van der Waals surface area contributed by atoms with Gasteiger partial charge >= 0.3 is 0 Å². The fourth-order valence-electron chi connectivity index (χ4n) is 4.71. The lowest BCUT2D eigenvalue weighted by atomic mass is 9.73. The van der Waals surface area contributed by atoms with Crippen molar-refractivity contribution >= 4 is 46.3 Å². The summed E-state index contributed by atoms with van der Waals surface area (Å²) in [5.74, 6) is 0.0266. The van der Waals surface area contributed by atoms with Gasteiger partial charge in [0.15, 0.2) is 5.78 Å². The maximum absolute atomic E-state index is 13.7. The molecule has 0 radical (unpaired) electrons. The summed E-state index contributed by atoms with van der Waals surface area (Å²) in [5.41, 5.74) is 3.26. The summed E-state index contributed by atoms with van der Waals surface area (Å²) in [6, 6.07) is 10.3. The van der Waals surface area contributed by atoms with Crippen molar-refractivity contribution in [2.45, 2.75) is 46.6 Å². The van der Waals surface area contributed by atoms with Crippen LogP contribution in [0.2, 0.25) is 10.0 Å². The summed E-state index contributed by atoms with van der Waals surface area (Å²) in [7, 11) is 1.53. The molecule has 174 valence electrons. The van der Waals surface area contributed by atoms with E-state index in [0.717, 1.165) is 11.4 Å². The van der Waals surface area contributed by atoms with Gasteiger partial charge in [0.05, 0.1) is 29.5 Å². The molecule has 1 aliphatic carbocycles. The number of carbonyl (C=O) groups is 2. The molecule has 1 N–H and O–H groups in total. The minimum absolute atomic E-state index is 0.00176. The van der Waals surface area contributed by atoms with Gasteiger partial charge in [0, 0.05) is 34.2 Å². The molecule has 1 aliphatic heterocycles. The number of rotatable bonds is 3. The SMILES string of the molecule is COc1cc([C@@H]2C3=C(CC(C)(C)CC3=O)Nc3ccccc3N2C(=O)C(C)C)c(Cl)cc1Cl. The molecular weight excluding hydrogens is 459 g/mol. The van der Waals surface area contributed by atoms with Gasteiger partial charge in [0.2, 0.25) is 5.91 Å². The Morgan fingerprint density at radius 3 is 2.52 bits per heavy atom. The van der Waals surface area contributed by atoms with Gasteiger partial charge in [-0.1, -0.05) is 63.0 Å². The van der Waals surface area contributed by atoms with Gasteiger partial charge in [-0.2, -0.15) is 0 Å². The van der Waals surface area contributed by atoms with E-state index >= 15 is 0 Å². The number of hydrogen-bond donors (Lipinski definition) is 1. The van der Waals surface area contributed by atoms with Crippen LogP contribution in [0, 0.1) is 11.3 Å². The van der Waals surface area contributed by atoms with Gasteiger partial charge in [-0.3, -0.25) is 14.5 Å². The summed E-state index contributed by atoms with van der Waals surface area (Å²) in [4.78, 5) is 29.1. The Hall–Kier alpha value is -2.50. The summed E-state index contributed by atoms with van der Waals surface area (Å²) < 4.78 is 5.46. The van der Waals surface area contributed by atoms with Crippen LogP contribution in [0.4, 0.5) is 11.4 Å². The molecule has 0 saturated heterocycles. The second-order valence-corrected chi connectivity index (χ2v) is 10.6. The molecule has 4 rings (SSSR count). The van der Waals surface area contributed by atoms with Gasteiger partial charge in [0.25, 0.3) is 0 Å². The fourth-order valence-corrected chi connectivity index (χ4v) is 5.28. The number of hydrogen-bond acceptors (Lipinski definition) is 4. The van der Waals surface area contributed by atoms with Gasteiger partial charge in [-0.25, -0.2) is 0 Å². The largest absolute Gasteiger partial charge is 0.495 e. The number of nitrogens with one attached hydrogen (secondary N) is 1. The molecule has 0 bridgehead atoms. The minimum Gasteiger partial charge on any atom is -0.495 e. The Balaban J connectivity index is 2.08. The topological polar surface area (TPSA) is 58.6 Å². The average Bonchev–Trinajstić information content (AvgIpc) is 2.86. The molecule has 5 nitrogen and oxygen atoms in total. The summed E-state index contributed by atoms with van der Waals surface area (Å²) in [6.45, 7) is 7.87. The number of Topliss-reactive ketones (excluding diaryl/α,β-unsaturated/α-hetero) is 1. The van der Waals surface area contributed by atoms with Crippen LogP contribution in [0.1, 0.15) is 52.1 Å². The van der Waals surface area contributed by atoms with Gasteiger partial charge in [-0.15, -0.1) is 0 Å². The van der Waals surface area contributed by atoms with Crippen molar-refractivity contribution in [1.82, 2.24) is 0 Å². The fraction of sp³-hybridized carbons (Fsp3) is 0.385. The van der Waals surface area contributed by atoms with E-state index in [1.807, 2.05) is 38.1 Å². The number of ether oxygens (including phenoxy) is 1. The highest BCUT2D eigenvalue weighted by Gasteiger charge is 2.44. The second-order valence-electron chi connectivity index (χ2n) is 9.75. The lowest BCUT2D eigenvalue weighted by Crippen LogP contribution is -2.41. The first-order valence-corrected chi connectivity index (χ1v) is 11.8. The number of nitrogens with zero attached hydrogens (tertiary/aromatic N) is 1. The molecule has 2 aromatic carbocycles. The molecule has 1 amide bonds. The molecular formula is C26H28Cl2N2O3. The lowest BCUT2D eigenvalue weighted by molar-refractivity contribution is -0.122. The smallest absolute Gasteiger partial charge is 0.230 e. The zero-order valence-electron chi connectivity index (χ0n) is 19.5. The van der Waals surface area contributed by atoms with Crippen molar-refractivity contribution in [3.8, 4) is 5.75 Å². The van der Waals surface area contributed by atoms with Crippen molar-refractivity contribution in [2.24, 2.45) is 11.3 Å². The third-order valence-corrected chi connectivity index (χ3v) is 6.82. The number of methoxy groups -OCH3 is 1. The van der Waals surface area contributed by atoms with E-state index in [9.17, 15) is 9.59 Å². The maximum atomic E-state index is 13.7. The van der Waals surface area contributed by atoms with E-state index in [0.29, 0.717) is 45.5 Å². The van der Waals surface area contributed by atoms with Crippen LogP contribution in [-0.4, -0.2) is 18.8 Å². The highest BCUT2D eigenvalue weighted by atomic mass is 35.5. The van der Waals surface area contributed by atoms with E-state index < -0.39 is 6.04 Å². The second kappa shape index (κ2) is 8.69. The Kier molecular flexibility index (Phi) is 6.23. The zero-order valence-corrected chi connectivity index (χ0v) is 21.0. The molecule has 33 heavy (non-hydrogen) atoms. The number of fused-ring (bicyclic) bond motifs is 1. The Labute approximate surface area is 204 Å². The normalized spacial score (nSPS) is 19.6. The van der Waals surface area contributed by atoms with Gasteiger partial charge in [0.1, 0.15) is 5.75 Å². The van der Waals surface area contributed by atoms with Crippen LogP contribution < -0.4 is 15.0 Å². The Morgan fingerprint density at radius 1 is 1.15 bits per heavy atom. The maximum Gasteiger partial charge on any atom is 0.230 e. The average molecular weight is 487 g/mol. The first kappa shape index (κ1) is 23.7. The van der Waals surface area contributed by atoms with E-state index in [2.05, 4.69) is 19.2 Å². The zero-order chi connectivity index (χ0) is 24.1. The number of amides is 1.